The first-order chi connectivity index (χ1) is 7.86. The van der Waals surface area contributed by atoms with E-state index < -0.39 is 0 Å². The van der Waals surface area contributed by atoms with Crippen molar-refractivity contribution < 1.29 is 0 Å². The Balaban J connectivity index is 2.30. The van der Waals surface area contributed by atoms with E-state index in [0.29, 0.717) is 5.82 Å². The highest BCUT2D eigenvalue weighted by molar-refractivity contribution is 5.87. The number of aromatic nitrogens is 3. The number of anilines is 1. The molecule has 0 bridgehead atoms. The van der Waals surface area contributed by atoms with Crippen molar-refractivity contribution in [1.82, 2.24) is 14.5 Å². The van der Waals surface area contributed by atoms with Gasteiger partial charge in [0.25, 0.3) is 0 Å². The summed E-state index contributed by atoms with van der Waals surface area (Å²) in [5.74, 6) is 0.514. The summed E-state index contributed by atoms with van der Waals surface area (Å²) in [7, 11) is 0. The molecule has 1 aromatic carbocycles. The quantitative estimate of drug-likeness (QED) is 0.668. The maximum atomic E-state index is 5.78. The predicted molar refractivity (Wildman–Crippen MR) is 63.3 cm³/mol. The van der Waals surface area contributed by atoms with Gasteiger partial charge in [-0.05, 0) is 18.2 Å². The van der Waals surface area contributed by atoms with Crippen molar-refractivity contribution in [3.05, 3.63) is 48.9 Å². The molecule has 2 aromatic heterocycles. The third-order valence-electron chi connectivity index (χ3n) is 2.55. The smallest absolute Gasteiger partial charge is 0.150 e. The first-order valence-corrected chi connectivity index (χ1v) is 4.99. The molecular weight excluding hydrogens is 200 g/mol. The normalized spacial score (nSPS) is 10.8. The maximum Gasteiger partial charge on any atom is 0.150 e. The fourth-order valence-electron chi connectivity index (χ4n) is 1.77. The Hall–Kier alpha value is -2.36. The maximum absolute atomic E-state index is 5.78. The van der Waals surface area contributed by atoms with Gasteiger partial charge in [0.15, 0.2) is 0 Å². The molecule has 2 N–H and O–H groups in total. The fourth-order valence-corrected chi connectivity index (χ4v) is 1.77. The second kappa shape index (κ2) is 3.34. The van der Waals surface area contributed by atoms with E-state index in [1.54, 1.807) is 0 Å². The van der Waals surface area contributed by atoms with Crippen molar-refractivity contribution in [2.24, 2.45) is 0 Å². The highest BCUT2D eigenvalue weighted by atomic mass is 15.1. The molecular formula is C12H10N4. The van der Waals surface area contributed by atoms with Crippen molar-refractivity contribution in [1.29, 1.82) is 0 Å². The summed E-state index contributed by atoms with van der Waals surface area (Å²) in [6.45, 7) is 0. The zero-order valence-electron chi connectivity index (χ0n) is 8.54. The van der Waals surface area contributed by atoms with Gasteiger partial charge < -0.3 is 10.3 Å². The monoisotopic (exact) mass is 210 g/mol. The number of fused-ring (bicyclic) bond motifs is 1. The van der Waals surface area contributed by atoms with E-state index in [1.807, 2.05) is 47.2 Å². The van der Waals surface area contributed by atoms with E-state index in [-0.39, 0.29) is 0 Å². The van der Waals surface area contributed by atoms with Crippen LogP contribution in [0.15, 0.2) is 48.9 Å². The van der Waals surface area contributed by atoms with Gasteiger partial charge in [-0.2, -0.15) is 0 Å². The van der Waals surface area contributed by atoms with Crippen LogP contribution in [0.3, 0.4) is 0 Å². The van der Waals surface area contributed by atoms with Gasteiger partial charge in [0.2, 0.25) is 0 Å². The van der Waals surface area contributed by atoms with E-state index >= 15 is 0 Å². The largest absolute Gasteiger partial charge is 0.383 e. The number of hydrogen-bond acceptors (Lipinski definition) is 3. The van der Waals surface area contributed by atoms with Crippen LogP contribution in [0.25, 0.3) is 16.7 Å². The van der Waals surface area contributed by atoms with E-state index in [2.05, 4.69) is 9.97 Å². The molecule has 0 radical (unpaired) electrons. The zero-order valence-corrected chi connectivity index (χ0v) is 8.54. The summed E-state index contributed by atoms with van der Waals surface area (Å²) in [5.41, 5.74) is 7.68. The molecule has 0 amide bonds. The van der Waals surface area contributed by atoms with E-state index in [9.17, 15) is 0 Å². The number of nitrogen functional groups attached to an aromatic ring is 1. The van der Waals surface area contributed by atoms with Crippen LogP contribution in [0, 0.1) is 0 Å². The van der Waals surface area contributed by atoms with E-state index in [1.165, 1.54) is 6.33 Å². The van der Waals surface area contributed by atoms with Crippen molar-refractivity contribution in [2.75, 3.05) is 5.73 Å². The molecule has 4 heteroatoms. The molecule has 0 fully saturated rings. The molecule has 16 heavy (non-hydrogen) atoms. The number of rotatable bonds is 1. The van der Waals surface area contributed by atoms with Crippen LogP contribution < -0.4 is 5.73 Å². The van der Waals surface area contributed by atoms with Gasteiger partial charge in [-0.25, -0.2) is 9.97 Å². The molecule has 0 spiro atoms. The van der Waals surface area contributed by atoms with Crippen molar-refractivity contribution in [2.45, 2.75) is 0 Å². The summed E-state index contributed by atoms with van der Waals surface area (Å²) in [6.07, 6.45) is 3.43. The molecule has 0 atom stereocenters. The van der Waals surface area contributed by atoms with Crippen molar-refractivity contribution in [3.63, 3.8) is 0 Å². The summed E-state index contributed by atoms with van der Waals surface area (Å²) in [4.78, 5) is 8.22. The molecule has 0 aliphatic rings. The SMILES string of the molecule is Nc1ncnc2c1ccn2-c1ccccc1. The third-order valence-corrected chi connectivity index (χ3v) is 2.55. The minimum absolute atomic E-state index is 0.514. The van der Waals surface area contributed by atoms with Gasteiger partial charge in [-0.15, -0.1) is 0 Å². The molecule has 3 rings (SSSR count). The van der Waals surface area contributed by atoms with Gasteiger partial charge in [0.1, 0.15) is 17.8 Å². The summed E-state index contributed by atoms with van der Waals surface area (Å²) in [6, 6.07) is 11.9. The van der Waals surface area contributed by atoms with E-state index in [4.69, 9.17) is 5.73 Å². The summed E-state index contributed by atoms with van der Waals surface area (Å²) >= 11 is 0. The highest BCUT2D eigenvalue weighted by Crippen LogP contribution is 2.21. The van der Waals surface area contributed by atoms with Gasteiger partial charge in [0, 0.05) is 11.9 Å². The topological polar surface area (TPSA) is 56.7 Å². The van der Waals surface area contributed by atoms with Gasteiger partial charge in [-0.1, -0.05) is 18.2 Å². The number of nitrogens with two attached hydrogens (primary N) is 1. The van der Waals surface area contributed by atoms with Gasteiger partial charge in [-0.3, -0.25) is 0 Å². The predicted octanol–water partition coefficient (Wildman–Crippen LogP) is 2.00. The highest BCUT2D eigenvalue weighted by Gasteiger charge is 2.06. The number of para-hydroxylation sites is 1. The lowest BCUT2D eigenvalue weighted by Crippen LogP contribution is -1.96. The van der Waals surface area contributed by atoms with Crippen LogP contribution >= 0.6 is 0 Å². The lowest BCUT2D eigenvalue weighted by molar-refractivity contribution is 1.08. The Kier molecular flexibility index (Phi) is 1.86. The van der Waals surface area contributed by atoms with Crippen molar-refractivity contribution in [3.8, 4) is 5.69 Å². The minimum Gasteiger partial charge on any atom is -0.383 e. The Labute approximate surface area is 92.4 Å². The number of hydrogen-bond donors (Lipinski definition) is 1. The standard InChI is InChI=1S/C12H10N4/c13-11-10-6-7-16(12(10)15-8-14-11)9-4-2-1-3-5-9/h1-8H,(H2,13,14,15). The average Bonchev–Trinajstić information content (AvgIpc) is 2.75. The van der Waals surface area contributed by atoms with Gasteiger partial charge in [0.05, 0.1) is 5.39 Å². The average molecular weight is 210 g/mol. The number of nitrogens with zero attached hydrogens (tertiary/aromatic N) is 3. The molecule has 4 nitrogen and oxygen atoms in total. The first-order valence-electron chi connectivity index (χ1n) is 4.99. The first kappa shape index (κ1) is 8.91. The molecule has 0 unspecified atom stereocenters. The Morgan fingerprint density at radius 2 is 1.81 bits per heavy atom. The molecule has 3 aromatic rings. The van der Waals surface area contributed by atoms with Gasteiger partial charge >= 0.3 is 0 Å². The van der Waals surface area contributed by atoms with Crippen LogP contribution in [-0.4, -0.2) is 14.5 Å². The Morgan fingerprint density at radius 1 is 1.00 bits per heavy atom. The minimum atomic E-state index is 0.514. The number of benzene rings is 1. The molecule has 2 heterocycles. The van der Waals surface area contributed by atoms with Crippen LogP contribution in [0.1, 0.15) is 0 Å². The molecule has 0 saturated carbocycles. The lowest BCUT2D eigenvalue weighted by Gasteiger charge is -2.03. The Morgan fingerprint density at radius 3 is 2.62 bits per heavy atom. The summed E-state index contributed by atoms with van der Waals surface area (Å²) < 4.78 is 1.99. The third kappa shape index (κ3) is 1.24. The molecule has 0 saturated heterocycles. The van der Waals surface area contributed by atoms with Crippen molar-refractivity contribution >= 4 is 16.9 Å². The van der Waals surface area contributed by atoms with Crippen LogP contribution in [0.2, 0.25) is 0 Å². The lowest BCUT2D eigenvalue weighted by atomic mass is 10.3. The second-order valence-corrected chi connectivity index (χ2v) is 3.52. The molecule has 78 valence electrons. The van der Waals surface area contributed by atoms with Crippen LogP contribution in [-0.2, 0) is 0 Å². The van der Waals surface area contributed by atoms with E-state index in [0.717, 1.165) is 16.7 Å². The molecule has 0 aliphatic carbocycles. The van der Waals surface area contributed by atoms with Crippen LogP contribution in [0.5, 0.6) is 0 Å². The fraction of sp³-hybridized carbons (Fsp3) is 0. The van der Waals surface area contributed by atoms with Crippen LogP contribution in [0.4, 0.5) is 5.82 Å². The zero-order chi connectivity index (χ0) is 11.0. The summed E-state index contributed by atoms with van der Waals surface area (Å²) in [5, 5.41) is 0.881. The second-order valence-electron chi connectivity index (χ2n) is 3.52. The Bertz CT molecular complexity index is 628. The molecule has 0 aliphatic heterocycles.